The van der Waals surface area contributed by atoms with Crippen LogP contribution in [-0.2, 0) is 9.53 Å². The van der Waals surface area contributed by atoms with E-state index in [1.807, 2.05) is 6.07 Å². The number of carbonyl (C=O) groups is 1. The van der Waals surface area contributed by atoms with Crippen molar-refractivity contribution in [3.05, 3.63) is 0 Å². The largest absolute Gasteiger partial charge is 0.465 e. The Kier molecular flexibility index (Phi) is 5.72. The lowest BCUT2D eigenvalue weighted by atomic mass is 9.87. The zero-order chi connectivity index (χ0) is 10.3. The molecule has 13 heavy (non-hydrogen) atoms. The molecule has 0 N–H and O–H groups in total. The maximum atomic E-state index is 11.3. The molecule has 0 aliphatic carbocycles. The molecule has 74 valence electrons. The molecule has 0 aromatic carbocycles. The minimum Gasteiger partial charge on any atom is -0.465 e. The van der Waals surface area contributed by atoms with Gasteiger partial charge < -0.3 is 4.74 Å². The molecule has 0 radical (unpaired) electrons. The van der Waals surface area contributed by atoms with Crippen LogP contribution in [-0.4, -0.2) is 17.9 Å². The van der Waals surface area contributed by atoms with Crippen molar-refractivity contribution in [3.8, 4) is 6.07 Å². The summed E-state index contributed by atoms with van der Waals surface area (Å²) in [5.41, 5.74) is -0.982. The summed E-state index contributed by atoms with van der Waals surface area (Å²) in [5, 5.41) is 9.64. The van der Waals surface area contributed by atoms with Gasteiger partial charge in [0.1, 0.15) is 0 Å². The number of hydrogen-bond donors (Lipinski definition) is 0. The highest BCUT2D eigenvalue weighted by molar-refractivity contribution is 9.09. The molecule has 0 spiro atoms. The molecule has 1 atom stereocenters. The normalized spacial score (nSPS) is 14.3. The Morgan fingerprint density at radius 1 is 1.69 bits per heavy atom. The van der Waals surface area contributed by atoms with Crippen LogP contribution in [0.15, 0.2) is 0 Å². The lowest BCUT2D eigenvalue weighted by molar-refractivity contribution is -0.151. The van der Waals surface area contributed by atoms with E-state index in [0.29, 0.717) is 13.0 Å². The molecule has 0 saturated carbocycles. The Hall–Kier alpha value is -0.560. The van der Waals surface area contributed by atoms with Crippen LogP contribution in [0, 0.1) is 16.7 Å². The van der Waals surface area contributed by atoms with Crippen molar-refractivity contribution in [3.63, 3.8) is 0 Å². The number of esters is 1. The van der Waals surface area contributed by atoms with E-state index >= 15 is 0 Å². The molecule has 0 aromatic rings. The number of carbonyl (C=O) groups excluding carboxylic acids is 1. The molecule has 0 aromatic heterocycles. The van der Waals surface area contributed by atoms with Gasteiger partial charge in [-0.3, -0.25) is 4.79 Å². The van der Waals surface area contributed by atoms with Gasteiger partial charge >= 0.3 is 5.97 Å². The van der Waals surface area contributed by atoms with Gasteiger partial charge in [0, 0.05) is 5.33 Å². The molecular formula is C9H14BrNO2. The van der Waals surface area contributed by atoms with E-state index in [-0.39, 0.29) is 0 Å². The first kappa shape index (κ1) is 12.4. The lowest BCUT2D eigenvalue weighted by Gasteiger charge is -2.18. The Morgan fingerprint density at radius 2 is 2.31 bits per heavy atom. The second-order valence-electron chi connectivity index (χ2n) is 2.96. The number of nitriles is 1. The van der Waals surface area contributed by atoms with Crippen LogP contribution in [0.4, 0.5) is 0 Å². The van der Waals surface area contributed by atoms with E-state index < -0.39 is 11.4 Å². The second kappa shape index (κ2) is 5.98. The summed E-state index contributed by atoms with van der Waals surface area (Å²) in [6, 6.07) is 2.00. The number of alkyl halides is 1. The van der Waals surface area contributed by atoms with Crippen molar-refractivity contribution in [2.24, 2.45) is 5.41 Å². The Bertz CT molecular complexity index is 212. The van der Waals surface area contributed by atoms with Crippen molar-refractivity contribution >= 4 is 21.9 Å². The van der Waals surface area contributed by atoms with Gasteiger partial charge in [0.05, 0.1) is 12.7 Å². The SMILES string of the molecule is CCOC(=O)C(C)(C#N)CCCBr. The molecule has 0 heterocycles. The Labute approximate surface area is 87.2 Å². The van der Waals surface area contributed by atoms with E-state index in [0.717, 1.165) is 11.8 Å². The number of halogens is 1. The summed E-state index contributed by atoms with van der Waals surface area (Å²) < 4.78 is 4.82. The number of nitrogens with zero attached hydrogens (tertiary/aromatic N) is 1. The van der Waals surface area contributed by atoms with Gasteiger partial charge in [-0.1, -0.05) is 15.9 Å². The minimum atomic E-state index is -0.982. The Morgan fingerprint density at radius 3 is 2.69 bits per heavy atom. The minimum absolute atomic E-state index is 0.324. The van der Waals surface area contributed by atoms with E-state index in [1.165, 1.54) is 0 Å². The molecule has 0 amide bonds. The first-order chi connectivity index (χ1) is 6.10. The van der Waals surface area contributed by atoms with Crippen molar-refractivity contribution in [1.82, 2.24) is 0 Å². The predicted molar refractivity (Wildman–Crippen MR) is 53.4 cm³/mol. The summed E-state index contributed by atoms with van der Waals surface area (Å²) >= 11 is 3.26. The van der Waals surface area contributed by atoms with Crippen molar-refractivity contribution in [1.29, 1.82) is 5.26 Å². The fraction of sp³-hybridized carbons (Fsp3) is 0.778. The lowest BCUT2D eigenvalue weighted by Crippen LogP contribution is -2.28. The van der Waals surface area contributed by atoms with E-state index in [1.54, 1.807) is 13.8 Å². The van der Waals surface area contributed by atoms with Gasteiger partial charge in [0.15, 0.2) is 5.41 Å². The highest BCUT2D eigenvalue weighted by Gasteiger charge is 2.34. The molecule has 0 aliphatic heterocycles. The number of ether oxygens (including phenoxy) is 1. The average Bonchev–Trinajstić information content (AvgIpc) is 2.14. The topological polar surface area (TPSA) is 50.1 Å². The summed E-state index contributed by atoms with van der Waals surface area (Å²) in [4.78, 5) is 11.3. The quantitative estimate of drug-likeness (QED) is 0.553. The van der Waals surface area contributed by atoms with Crippen LogP contribution in [0.2, 0.25) is 0 Å². The molecule has 1 unspecified atom stereocenters. The van der Waals surface area contributed by atoms with Crippen LogP contribution in [0.1, 0.15) is 26.7 Å². The van der Waals surface area contributed by atoms with Crippen molar-refractivity contribution in [2.45, 2.75) is 26.7 Å². The van der Waals surface area contributed by atoms with Gasteiger partial charge in [-0.15, -0.1) is 0 Å². The van der Waals surface area contributed by atoms with Crippen LogP contribution < -0.4 is 0 Å². The monoisotopic (exact) mass is 247 g/mol. The smallest absolute Gasteiger partial charge is 0.326 e. The van der Waals surface area contributed by atoms with Crippen LogP contribution in [0.3, 0.4) is 0 Å². The summed E-state index contributed by atoms with van der Waals surface area (Å²) in [5.74, 6) is -0.418. The maximum Gasteiger partial charge on any atom is 0.326 e. The second-order valence-corrected chi connectivity index (χ2v) is 3.75. The van der Waals surface area contributed by atoms with Crippen LogP contribution in [0.5, 0.6) is 0 Å². The maximum absolute atomic E-state index is 11.3. The Balaban J connectivity index is 4.27. The highest BCUT2D eigenvalue weighted by Crippen LogP contribution is 2.24. The molecule has 0 bridgehead atoms. The van der Waals surface area contributed by atoms with Crippen molar-refractivity contribution < 1.29 is 9.53 Å². The van der Waals surface area contributed by atoms with Gasteiger partial charge in [-0.25, -0.2) is 0 Å². The zero-order valence-corrected chi connectivity index (χ0v) is 9.56. The molecule has 0 saturated heterocycles. The standard InChI is InChI=1S/C9H14BrNO2/c1-3-13-8(12)9(2,7-11)5-4-6-10/h3-6H2,1-2H3. The third-order valence-electron chi connectivity index (χ3n) is 1.78. The van der Waals surface area contributed by atoms with Gasteiger partial charge in [0.25, 0.3) is 0 Å². The molecule has 0 rings (SSSR count). The molecular weight excluding hydrogens is 234 g/mol. The van der Waals surface area contributed by atoms with E-state index in [9.17, 15) is 4.79 Å². The fourth-order valence-electron chi connectivity index (χ4n) is 0.914. The van der Waals surface area contributed by atoms with Gasteiger partial charge in [-0.2, -0.15) is 5.26 Å². The molecule has 4 heteroatoms. The first-order valence-corrected chi connectivity index (χ1v) is 5.37. The van der Waals surface area contributed by atoms with Crippen molar-refractivity contribution in [2.75, 3.05) is 11.9 Å². The molecule has 0 fully saturated rings. The summed E-state index contributed by atoms with van der Waals surface area (Å²) in [7, 11) is 0. The third kappa shape index (κ3) is 3.77. The van der Waals surface area contributed by atoms with Gasteiger partial charge in [0.2, 0.25) is 0 Å². The number of hydrogen-bond acceptors (Lipinski definition) is 3. The first-order valence-electron chi connectivity index (χ1n) is 4.25. The molecule has 0 aliphatic rings. The van der Waals surface area contributed by atoms with Gasteiger partial charge in [-0.05, 0) is 26.7 Å². The van der Waals surface area contributed by atoms with Crippen LogP contribution in [0.25, 0.3) is 0 Å². The van der Waals surface area contributed by atoms with E-state index in [4.69, 9.17) is 10.00 Å². The average molecular weight is 248 g/mol. The number of rotatable bonds is 5. The van der Waals surface area contributed by atoms with E-state index in [2.05, 4.69) is 15.9 Å². The highest BCUT2D eigenvalue weighted by atomic mass is 79.9. The predicted octanol–water partition coefficient (Wildman–Crippen LogP) is 2.25. The van der Waals surface area contributed by atoms with Crippen LogP contribution >= 0.6 is 15.9 Å². The summed E-state index contributed by atoms with van der Waals surface area (Å²) in [6.45, 7) is 3.68. The third-order valence-corrected chi connectivity index (χ3v) is 2.34. The zero-order valence-electron chi connectivity index (χ0n) is 7.97. The fourth-order valence-corrected chi connectivity index (χ4v) is 1.19. The summed E-state index contributed by atoms with van der Waals surface area (Å²) in [6.07, 6.45) is 1.33. The molecule has 3 nitrogen and oxygen atoms in total.